The summed E-state index contributed by atoms with van der Waals surface area (Å²) in [6, 6.07) is 0. The Balaban J connectivity index is 1.62. The van der Waals surface area contributed by atoms with Gasteiger partial charge in [-0.25, -0.2) is 0 Å². The number of epoxide rings is 1. The SMILES string of the molecule is CCC(=O)O[C@]1(C(C)=O)C(C)C[C@H]2[C@@H]3CC(C)C4=CC(=O)C=C[C@]4(C)[C@]34OC4C[C@@]21C. The van der Waals surface area contributed by atoms with Crippen molar-refractivity contribution in [3.8, 4) is 0 Å². The first-order valence-electron chi connectivity index (χ1n) is 11.8. The lowest BCUT2D eigenvalue weighted by molar-refractivity contribution is -0.191. The van der Waals surface area contributed by atoms with E-state index < -0.39 is 11.0 Å². The third-order valence-corrected chi connectivity index (χ3v) is 9.89. The number of rotatable bonds is 3. The molecule has 5 aliphatic rings. The second-order valence-electron chi connectivity index (χ2n) is 11.2. The van der Waals surface area contributed by atoms with E-state index in [4.69, 9.17) is 9.47 Å². The van der Waals surface area contributed by atoms with Gasteiger partial charge in [-0.2, -0.15) is 0 Å². The standard InChI is InChI=1S/C26H34O5/c1-7-22(29)31-25(16(4)27)15(3)11-19-20-10-14(2)18-12-17(28)8-9-23(18,5)26(20)21(30-26)13-24(19,25)6/h8-9,12,14-15,19-21H,7,10-11,13H2,1-6H3/t14?,15?,19-,20-,21?,23-,24-,25-,26-/m0/s1. The number of carbonyl (C=O) groups is 3. The summed E-state index contributed by atoms with van der Waals surface area (Å²) in [5.74, 6) is 0.427. The quantitative estimate of drug-likeness (QED) is 0.500. The van der Waals surface area contributed by atoms with E-state index in [9.17, 15) is 14.4 Å². The van der Waals surface area contributed by atoms with Gasteiger partial charge in [0.2, 0.25) is 0 Å². The minimum atomic E-state index is -1.10. The van der Waals surface area contributed by atoms with Gasteiger partial charge in [-0.3, -0.25) is 14.4 Å². The fraction of sp³-hybridized carbons (Fsp3) is 0.731. The molecule has 3 saturated carbocycles. The molecule has 1 heterocycles. The van der Waals surface area contributed by atoms with Crippen LogP contribution in [0.5, 0.6) is 0 Å². The fourth-order valence-corrected chi connectivity index (χ4v) is 8.65. The van der Waals surface area contributed by atoms with E-state index in [1.165, 1.54) is 5.57 Å². The molecule has 0 aromatic heterocycles. The molecule has 0 bridgehead atoms. The lowest BCUT2D eigenvalue weighted by atomic mass is 9.45. The molecular formula is C26H34O5. The van der Waals surface area contributed by atoms with E-state index in [-0.39, 0.29) is 64.7 Å². The van der Waals surface area contributed by atoms with Crippen molar-refractivity contribution in [2.75, 3.05) is 0 Å². The highest BCUT2D eigenvalue weighted by atomic mass is 16.6. The molecule has 5 heteroatoms. The Morgan fingerprint density at radius 1 is 1.19 bits per heavy atom. The first-order valence-corrected chi connectivity index (χ1v) is 11.8. The number of allylic oxidation sites excluding steroid dienone is 2. The van der Waals surface area contributed by atoms with Gasteiger partial charge in [0, 0.05) is 23.2 Å². The largest absolute Gasteiger partial charge is 0.450 e. The molecule has 1 saturated heterocycles. The Hall–Kier alpha value is -1.75. The summed E-state index contributed by atoms with van der Waals surface area (Å²) in [5, 5.41) is 0. The molecular weight excluding hydrogens is 392 g/mol. The van der Waals surface area contributed by atoms with Gasteiger partial charge in [-0.15, -0.1) is 0 Å². The first-order chi connectivity index (χ1) is 14.5. The van der Waals surface area contributed by atoms with Gasteiger partial charge < -0.3 is 9.47 Å². The molecule has 3 unspecified atom stereocenters. The van der Waals surface area contributed by atoms with E-state index in [0.29, 0.717) is 6.42 Å². The number of Topliss-reactive ketones (excluding diaryl/α,β-unsaturated/α-hetero) is 1. The van der Waals surface area contributed by atoms with Gasteiger partial charge in [0.15, 0.2) is 17.2 Å². The van der Waals surface area contributed by atoms with E-state index in [1.54, 1.807) is 19.9 Å². The number of fused-ring (bicyclic) bond motifs is 3. The van der Waals surface area contributed by atoms with Crippen molar-refractivity contribution in [1.82, 2.24) is 0 Å². The zero-order chi connectivity index (χ0) is 22.6. The van der Waals surface area contributed by atoms with Crippen LogP contribution in [0.3, 0.4) is 0 Å². The van der Waals surface area contributed by atoms with Crippen LogP contribution in [0.2, 0.25) is 0 Å². The van der Waals surface area contributed by atoms with E-state index >= 15 is 0 Å². The molecule has 168 valence electrons. The third-order valence-electron chi connectivity index (χ3n) is 9.89. The summed E-state index contributed by atoms with van der Waals surface area (Å²) in [6.45, 7) is 12.0. The molecule has 1 spiro atoms. The topological polar surface area (TPSA) is 73.0 Å². The van der Waals surface area contributed by atoms with Crippen molar-refractivity contribution < 1.29 is 23.9 Å². The van der Waals surface area contributed by atoms with Gasteiger partial charge in [0.1, 0.15) is 5.60 Å². The number of ketones is 2. The summed E-state index contributed by atoms with van der Waals surface area (Å²) >= 11 is 0. The van der Waals surface area contributed by atoms with Gasteiger partial charge in [0.05, 0.1) is 6.10 Å². The lowest BCUT2D eigenvalue weighted by Gasteiger charge is -2.57. The molecule has 0 aromatic carbocycles. The zero-order valence-electron chi connectivity index (χ0n) is 19.5. The normalized spacial score (nSPS) is 51.7. The molecule has 0 radical (unpaired) electrons. The van der Waals surface area contributed by atoms with Gasteiger partial charge in [0.25, 0.3) is 0 Å². The van der Waals surface area contributed by atoms with E-state index in [2.05, 4.69) is 33.8 Å². The number of carbonyl (C=O) groups excluding carboxylic acids is 3. The van der Waals surface area contributed by atoms with Crippen LogP contribution in [0.25, 0.3) is 0 Å². The summed E-state index contributed by atoms with van der Waals surface area (Å²) in [6.07, 6.45) is 8.33. The Kier molecular flexibility index (Phi) is 4.21. The van der Waals surface area contributed by atoms with Crippen LogP contribution >= 0.6 is 0 Å². The highest BCUT2D eigenvalue weighted by molar-refractivity contribution is 6.01. The van der Waals surface area contributed by atoms with Crippen molar-refractivity contribution in [2.45, 2.75) is 84.5 Å². The van der Waals surface area contributed by atoms with E-state index in [0.717, 1.165) is 12.8 Å². The van der Waals surface area contributed by atoms with Crippen LogP contribution in [0.1, 0.15) is 67.2 Å². The smallest absolute Gasteiger partial charge is 0.306 e. The Labute approximate surface area is 184 Å². The number of esters is 1. The van der Waals surface area contributed by atoms with Crippen molar-refractivity contribution in [2.24, 2.45) is 34.5 Å². The van der Waals surface area contributed by atoms with Crippen LogP contribution < -0.4 is 0 Å². The van der Waals surface area contributed by atoms with Crippen molar-refractivity contribution in [1.29, 1.82) is 0 Å². The molecule has 0 N–H and O–H groups in total. The summed E-state index contributed by atoms with van der Waals surface area (Å²) in [7, 11) is 0. The highest BCUT2D eigenvalue weighted by Gasteiger charge is 2.83. The maximum atomic E-state index is 13.2. The van der Waals surface area contributed by atoms with Crippen LogP contribution in [0.15, 0.2) is 23.8 Å². The average Bonchev–Trinajstić information content (AvgIpc) is 3.38. The second-order valence-corrected chi connectivity index (χ2v) is 11.2. The first kappa shape index (κ1) is 21.1. The molecule has 1 aliphatic heterocycles. The van der Waals surface area contributed by atoms with Crippen molar-refractivity contribution >= 4 is 17.5 Å². The number of hydrogen-bond donors (Lipinski definition) is 0. The number of ether oxygens (including phenoxy) is 2. The van der Waals surface area contributed by atoms with Crippen LogP contribution in [0, 0.1) is 34.5 Å². The van der Waals surface area contributed by atoms with Gasteiger partial charge in [-0.05, 0) is 63.0 Å². The van der Waals surface area contributed by atoms with Crippen molar-refractivity contribution in [3.63, 3.8) is 0 Å². The zero-order valence-corrected chi connectivity index (χ0v) is 19.5. The molecule has 9 atom stereocenters. The van der Waals surface area contributed by atoms with E-state index in [1.807, 2.05) is 6.08 Å². The van der Waals surface area contributed by atoms with Crippen LogP contribution in [-0.2, 0) is 23.9 Å². The maximum Gasteiger partial charge on any atom is 0.306 e. The maximum absolute atomic E-state index is 13.2. The summed E-state index contributed by atoms with van der Waals surface area (Å²) < 4.78 is 12.7. The minimum absolute atomic E-state index is 0.00172. The Morgan fingerprint density at radius 2 is 1.90 bits per heavy atom. The second kappa shape index (κ2) is 6.18. The third kappa shape index (κ3) is 2.24. The Bertz CT molecular complexity index is 947. The molecule has 0 amide bonds. The monoisotopic (exact) mass is 426 g/mol. The molecule has 4 aliphatic carbocycles. The Morgan fingerprint density at radius 3 is 2.55 bits per heavy atom. The molecule has 4 fully saturated rings. The molecule has 31 heavy (non-hydrogen) atoms. The highest BCUT2D eigenvalue weighted by Crippen LogP contribution is 2.77. The minimum Gasteiger partial charge on any atom is -0.450 e. The average molecular weight is 427 g/mol. The van der Waals surface area contributed by atoms with Crippen LogP contribution in [-0.4, -0.2) is 34.8 Å². The van der Waals surface area contributed by atoms with Crippen molar-refractivity contribution in [3.05, 3.63) is 23.8 Å². The van der Waals surface area contributed by atoms with Crippen LogP contribution in [0.4, 0.5) is 0 Å². The molecule has 5 nitrogen and oxygen atoms in total. The lowest BCUT2D eigenvalue weighted by Crippen LogP contribution is -2.63. The predicted molar refractivity (Wildman–Crippen MR) is 115 cm³/mol. The molecule has 0 aromatic rings. The molecule has 5 rings (SSSR count). The van der Waals surface area contributed by atoms with Gasteiger partial charge in [-0.1, -0.05) is 39.3 Å². The van der Waals surface area contributed by atoms with Gasteiger partial charge >= 0.3 is 5.97 Å². The fourth-order valence-electron chi connectivity index (χ4n) is 8.65. The summed E-state index contributed by atoms with van der Waals surface area (Å²) in [4.78, 5) is 37.8. The summed E-state index contributed by atoms with van der Waals surface area (Å²) in [5.41, 5.74) is -0.997. The predicted octanol–water partition coefficient (Wildman–Crippen LogP) is 4.20. The number of hydrogen-bond acceptors (Lipinski definition) is 5.